The first kappa shape index (κ1) is 49.2. The second-order valence-electron chi connectivity index (χ2n) is 17.2. The quantitative estimate of drug-likeness (QED) is 0.0466. The van der Waals surface area contributed by atoms with Gasteiger partial charge in [-0.05, 0) is 85.4 Å². The molecule has 2 aromatic heterocycles. The summed E-state index contributed by atoms with van der Waals surface area (Å²) < 4.78 is 21.3. The van der Waals surface area contributed by atoms with E-state index >= 15 is 0 Å². The minimum atomic E-state index is -1.93. The average Bonchev–Trinajstić information content (AvgIpc) is 3.69. The summed E-state index contributed by atoms with van der Waals surface area (Å²) in [4.78, 5) is 98.3. The Morgan fingerprint density at radius 1 is 0.956 bits per heavy atom. The maximum atomic E-state index is 13.7. The fourth-order valence-corrected chi connectivity index (χ4v) is 9.30. The number of cyclic esters (lactones) is 1. The van der Waals surface area contributed by atoms with E-state index in [9.17, 15) is 38.7 Å². The number of nitrogens with two attached hydrogens (primary N) is 1. The molecule has 0 bridgehead atoms. The van der Waals surface area contributed by atoms with Crippen molar-refractivity contribution in [3.8, 4) is 17.1 Å². The van der Waals surface area contributed by atoms with Crippen LogP contribution in [0.5, 0.6) is 5.75 Å². The molecule has 1 fully saturated rings. The van der Waals surface area contributed by atoms with Gasteiger partial charge in [0.05, 0.1) is 35.1 Å². The van der Waals surface area contributed by atoms with Gasteiger partial charge in [0.1, 0.15) is 25.0 Å². The zero-order valence-electron chi connectivity index (χ0n) is 38.6. The number of anilines is 1. The number of nitrogens with zero attached hydrogens (tertiary/aromatic N) is 4. The Balaban J connectivity index is 0.916. The van der Waals surface area contributed by atoms with Crippen molar-refractivity contribution >= 4 is 64.5 Å². The van der Waals surface area contributed by atoms with Crippen LogP contribution in [-0.2, 0) is 55.6 Å². The van der Waals surface area contributed by atoms with Gasteiger partial charge in [0, 0.05) is 54.9 Å². The number of hydrogen-bond donors (Lipinski definition) is 6. The van der Waals surface area contributed by atoms with Crippen molar-refractivity contribution < 1.29 is 48.1 Å². The van der Waals surface area contributed by atoms with Crippen molar-refractivity contribution in [2.75, 3.05) is 44.3 Å². The number of rotatable bonds is 16. The van der Waals surface area contributed by atoms with Gasteiger partial charge in [0.2, 0.25) is 11.8 Å². The Labute approximate surface area is 396 Å². The lowest BCUT2D eigenvalue weighted by Gasteiger charge is -2.33. The highest BCUT2D eigenvalue weighted by atomic mass is 32.2. The number of pyridine rings is 2. The van der Waals surface area contributed by atoms with Crippen LogP contribution in [0.2, 0.25) is 0 Å². The van der Waals surface area contributed by atoms with Crippen LogP contribution in [0.15, 0.2) is 53.3 Å². The van der Waals surface area contributed by atoms with E-state index in [1.165, 1.54) is 21.7 Å². The van der Waals surface area contributed by atoms with E-state index in [-0.39, 0.29) is 93.8 Å². The van der Waals surface area contributed by atoms with Crippen LogP contribution < -0.4 is 36.7 Å². The number of carbonyl (C=O) groups excluding carboxylic acids is 6. The molecule has 0 unspecified atom stereocenters. The molecule has 3 aliphatic rings. The molecule has 3 aliphatic heterocycles. The lowest BCUT2D eigenvalue weighted by atomic mass is 9.86. The van der Waals surface area contributed by atoms with Crippen LogP contribution in [0.1, 0.15) is 74.8 Å². The maximum Gasteiger partial charge on any atom is 0.415 e. The SMILES string of the molecule is CCc1c2c(nc3ccc(OC(=O)N4CCN(C(=O)OCc5ccc(NC(=O)[C@H](CCCNC(N)=O)NC(=O)[C@@H](NSC)C(C)C)cc5)CC4)cc13)-c1cc3c(c(=O)n1C2)COC(=O)[C@]3(O)CC. The average molecular weight is 956 g/mol. The number of aliphatic hydroxyl groups is 1. The second kappa shape index (κ2) is 21.1. The van der Waals surface area contributed by atoms with Crippen LogP contribution in [0.3, 0.4) is 0 Å². The number of amides is 6. The number of fused-ring (bicyclic) bond motifs is 5. The summed E-state index contributed by atoms with van der Waals surface area (Å²) in [6, 6.07) is 11.5. The van der Waals surface area contributed by atoms with Gasteiger partial charge in [-0.15, -0.1) is 0 Å². The van der Waals surface area contributed by atoms with Gasteiger partial charge in [0.25, 0.3) is 5.56 Å². The monoisotopic (exact) mass is 955 g/mol. The lowest BCUT2D eigenvalue weighted by Crippen LogP contribution is -2.52. The number of piperazine rings is 1. The number of aryl methyl sites for hydroxylation is 1. The van der Waals surface area contributed by atoms with Crippen molar-refractivity contribution in [1.29, 1.82) is 0 Å². The fourth-order valence-electron chi connectivity index (χ4n) is 8.66. The molecule has 20 nitrogen and oxygen atoms in total. The van der Waals surface area contributed by atoms with Crippen LogP contribution in [0.4, 0.5) is 20.1 Å². The third-order valence-corrected chi connectivity index (χ3v) is 13.0. The van der Waals surface area contributed by atoms with Crippen molar-refractivity contribution in [2.24, 2.45) is 11.7 Å². The normalized spacial score (nSPS) is 17.1. The molecule has 0 spiro atoms. The number of urea groups is 1. The zero-order valence-corrected chi connectivity index (χ0v) is 39.5. The summed E-state index contributed by atoms with van der Waals surface area (Å²) in [6.45, 7) is 8.51. The summed E-state index contributed by atoms with van der Waals surface area (Å²) >= 11 is 1.31. The first-order chi connectivity index (χ1) is 32.6. The van der Waals surface area contributed by atoms with Gasteiger partial charge in [-0.25, -0.2) is 24.2 Å². The largest absolute Gasteiger partial charge is 0.458 e. The Kier molecular flexibility index (Phi) is 15.2. The van der Waals surface area contributed by atoms with Crippen LogP contribution in [0, 0.1) is 5.92 Å². The van der Waals surface area contributed by atoms with Gasteiger partial charge < -0.3 is 55.4 Å². The number of ether oxygens (including phenoxy) is 3. The lowest BCUT2D eigenvalue weighted by molar-refractivity contribution is -0.172. The Hall–Kier alpha value is -6.71. The standard InChI is InChI=1S/C47H57N9O11S/c1-6-30-31-21-29(14-15-35(31)51-39-32(30)23-56-37(39)22-34-33(42(56)59)25-65-43(60)47(34,64)7-2)67-46(63)55-19-17-54(18-20-55)45(62)66-24-27-10-12-28(13-11-27)50-40(57)36(9-8-16-49-44(48)61)52-41(58)38(26(3)4)53-68-5/h10-15,21-22,26,36,38,53,64H,6-9,16-20,23-25H2,1-5H3,(H,50,57)(H,52,58)(H3,48,49,61)/t36-,38-,47-/m0/s1. The number of hydrogen-bond acceptors (Lipinski definition) is 14. The van der Waals surface area contributed by atoms with E-state index in [0.717, 1.165) is 16.5 Å². The summed E-state index contributed by atoms with van der Waals surface area (Å²) in [7, 11) is 0. The molecular weight excluding hydrogens is 899 g/mol. The molecule has 2 aromatic carbocycles. The number of carbonyl (C=O) groups is 6. The maximum absolute atomic E-state index is 13.7. The molecule has 362 valence electrons. The van der Waals surface area contributed by atoms with Crippen LogP contribution >= 0.6 is 11.9 Å². The predicted octanol–water partition coefficient (Wildman–Crippen LogP) is 3.86. The molecule has 7 rings (SSSR count). The highest BCUT2D eigenvalue weighted by Crippen LogP contribution is 2.41. The summed E-state index contributed by atoms with van der Waals surface area (Å²) in [5.74, 6) is -1.29. The minimum Gasteiger partial charge on any atom is -0.458 e. The molecule has 0 aliphatic carbocycles. The Morgan fingerprint density at radius 2 is 1.66 bits per heavy atom. The van der Waals surface area contributed by atoms with E-state index in [2.05, 4.69) is 20.7 Å². The molecule has 3 atom stereocenters. The van der Waals surface area contributed by atoms with E-state index in [0.29, 0.717) is 46.7 Å². The number of aromatic nitrogens is 2. The van der Waals surface area contributed by atoms with Crippen molar-refractivity contribution in [3.05, 3.63) is 86.7 Å². The minimum absolute atomic E-state index is 0.0389. The predicted molar refractivity (Wildman–Crippen MR) is 252 cm³/mol. The van der Waals surface area contributed by atoms with Gasteiger partial charge in [-0.3, -0.25) is 19.1 Å². The van der Waals surface area contributed by atoms with Crippen molar-refractivity contribution in [2.45, 2.75) is 90.8 Å². The highest BCUT2D eigenvalue weighted by Gasteiger charge is 2.45. The number of benzene rings is 2. The van der Waals surface area contributed by atoms with Gasteiger partial charge in [-0.2, -0.15) is 0 Å². The van der Waals surface area contributed by atoms with E-state index in [1.54, 1.807) is 60.0 Å². The Morgan fingerprint density at radius 3 is 2.31 bits per heavy atom. The molecule has 1 saturated heterocycles. The molecule has 0 saturated carbocycles. The first-order valence-corrected chi connectivity index (χ1v) is 23.8. The number of esters is 1. The van der Waals surface area contributed by atoms with Crippen molar-refractivity contribution in [3.63, 3.8) is 0 Å². The molecule has 0 radical (unpaired) electrons. The summed E-state index contributed by atoms with van der Waals surface area (Å²) in [5.41, 5.74) is 7.98. The summed E-state index contributed by atoms with van der Waals surface area (Å²) in [5, 5.41) is 20.1. The van der Waals surface area contributed by atoms with Crippen molar-refractivity contribution in [1.82, 2.24) is 34.7 Å². The second-order valence-corrected chi connectivity index (χ2v) is 17.8. The van der Waals surface area contributed by atoms with E-state index < -0.39 is 47.8 Å². The molecule has 6 amide bonds. The topological polar surface area (TPSA) is 266 Å². The van der Waals surface area contributed by atoms with Gasteiger partial charge in [-0.1, -0.05) is 51.8 Å². The van der Waals surface area contributed by atoms with Crippen LogP contribution in [0.25, 0.3) is 22.3 Å². The molecule has 21 heteroatoms. The smallest absolute Gasteiger partial charge is 0.415 e. The van der Waals surface area contributed by atoms with Gasteiger partial charge >= 0.3 is 24.2 Å². The van der Waals surface area contributed by atoms with E-state index in [4.69, 9.17) is 24.9 Å². The molecule has 4 aromatic rings. The fraction of sp³-hybridized carbons (Fsp3) is 0.447. The van der Waals surface area contributed by atoms with Gasteiger partial charge in [0.15, 0.2) is 5.60 Å². The zero-order chi connectivity index (χ0) is 48.9. The summed E-state index contributed by atoms with van der Waals surface area (Å²) in [6.07, 6.45) is 1.94. The highest BCUT2D eigenvalue weighted by molar-refractivity contribution is 7.96. The van der Waals surface area contributed by atoms with E-state index in [1.807, 2.05) is 27.0 Å². The third kappa shape index (κ3) is 10.4. The number of nitrogens with one attached hydrogen (secondary N) is 4. The first-order valence-electron chi connectivity index (χ1n) is 22.6. The molecular formula is C47H57N9O11S. The number of primary amides is 1. The molecule has 5 heterocycles. The molecule has 68 heavy (non-hydrogen) atoms. The molecule has 7 N–H and O–H groups in total. The third-order valence-electron chi connectivity index (χ3n) is 12.5. The Bertz CT molecular complexity index is 2670. The van der Waals surface area contributed by atoms with Crippen LogP contribution in [-0.4, -0.2) is 112 Å².